The third-order valence-corrected chi connectivity index (χ3v) is 6.29. The molecule has 1 aliphatic carbocycles. The molecule has 4 rings (SSSR count). The molecule has 0 spiro atoms. The summed E-state index contributed by atoms with van der Waals surface area (Å²) in [6, 6.07) is 8.60. The number of carbonyl (C=O) groups excluding carboxylic acids is 1. The standard InChI is InChI=1S/C24H24F3N3O3/c25-24(26,27)19-9-5-15(6-10-19)12-18-2-1-11-30-21(18)20(14-29-30)22(31)28-13-16-3-7-17(8-4-16)23(32)33/h1-2,5-6,9-11,14,16-17H,3-4,7-8,12-13H2,(H,28,31)(H,32,33)/t16-,17-. The van der Waals surface area contributed by atoms with Gasteiger partial charge in [-0.05, 0) is 67.3 Å². The maximum atomic E-state index is 12.9. The highest BCUT2D eigenvalue weighted by atomic mass is 19.4. The summed E-state index contributed by atoms with van der Waals surface area (Å²) >= 11 is 0. The number of aromatic nitrogens is 2. The highest BCUT2D eigenvalue weighted by molar-refractivity contribution is 6.01. The van der Waals surface area contributed by atoms with Crippen molar-refractivity contribution in [2.75, 3.05) is 6.54 Å². The Kier molecular flexibility index (Phi) is 6.40. The molecule has 3 aromatic rings. The van der Waals surface area contributed by atoms with Gasteiger partial charge >= 0.3 is 12.1 Å². The van der Waals surface area contributed by atoms with Crippen LogP contribution in [-0.4, -0.2) is 33.1 Å². The molecule has 0 aliphatic heterocycles. The van der Waals surface area contributed by atoms with Crippen molar-refractivity contribution >= 4 is 17.4 Å². The third-order valence-electron chi connectivity index (χ3n) is 6.29. The van der Waals surface area contributed by atoms with E-state index in [1.54, 1.807) is 16.8 Å². The average Bonchev–Trinajstić information content (AvgIpc) is 3.23. The highest BCUT2D eigenvalue weighted by Crippen LogP contribution is 2.30. The van der Waals surface area contributed by atoms with Crippen molar-refractivity contribution < 1.29 is 27.9 Å². The number of rotatable bonds is 6. The number of fused-ring (bicyclic) bond motifs is 1. The van der Waals surface area contributed by atoms with Crippen LogP contribution in [0.1, 0.15) is 52.7 Å². The third kappa shape index (κ3) is 5.18. The molecular formula is C24H24F3N3O3. The number of pyridine rings is 1. The van der Waals surface area contributed by atoms with E-state index >= 15 is 0 Å². The van der Waals surface area contributed by atoms with Gasteiger partial charge in [-0.2, -0.15) is 18.3 Å². The van der Waals surface area contributed by atoms with Gasteiger partial charge in [-0.15, -0.1) is 0 Å². The zero-order valence-electron chi connectivity index (χ0n) is 17.8. The number of carboxylic acids is 1. The highest BCUT2D eigenvalue weighted by Gasteiger charge is 2.30. The number of nitrogens with zero attached hydrogens (tertiary/aromatic N) is 2. The van der Waals surface area contributed by atoms with Crippen LogP contribution in [0, 0.1) is 11.8 Å². The fourth-order valence-electron chi connectivity index (χ4n) is 4.40. The molecule has 0 saturated heterocycles. The molecule has 1 fully saturated rings. The van der Waals surface area contributed by atoms with E-state index in [0.29, 0.717) is 42.5 Å². The molecule has 2 N–H and O–H groups in total. The first kappa shape index (κ1) is 22.8. The van der Waals surface area contributed by atoms with Crippen molar-refractivity contribution in [2.45, 2.75) is 38.3 Å². The molecule has 174 valence electrons. The molecule has 1 saturated carbocycles. The number of halogens is 3. The Hall–Kier alpha value is -3.36. The van der Waals surface area contributed by atoms with Gasteiger partial charge in [-0.1, -0.05) is 18.2 Å². The molecule has 0 bridgehead atoms. The number of amides is 1. The molecule has 0 unspecified atom stereocenters. The zero-order valence-corrected chi connectivity index (χ0v) is 17.8. The minimum absolute atomic E-state index is 0.234. The quantitative estimate of drug-likeness (QED) is 0.566. The van der Waals surface area contributed by atoms with Crippen LogP contribution in [0.3, 0.4) is 0 Å². The number of hydrogen-bond acceptors (Lipinski definition) is 3. The fourth-order valence-corrected chi connectivity index (χ4v) is 4.40. The van der Waals surface area contributed by atoms with E-state index in [1.165, 1.54) is 18.3 Å². The van der Waals surface area contributed by atoms with E-state index in [2.05, 4.69) is 10.4 Å². The summed E-state index contributed by atoms with van der Waals surface area (Å²) < 4.78 is 40.1. The first-order valence-electron chi connectivity index (χ1n) is 10.8. The fraction of sp³-hybridized carbons (Fsp3) is 0.375. The van der Waals surface area contributed by atoms with Crippen molar-refractivity contribution in [1.82, 2.24) is 14.9 Å². The second-order valence-electron chi connectivity index (χ2n) is 8.52. The van der Waals surface area contributed by atoms with Crippen LogP contribution < -0.4 is 5.32 Å². The summed E-state index contributed by atoms with van der Waals surface area (Å²) in [5.74, 6) is -1.10. The van der Waals surface area contributed by atoms with Gasteiger partial charge in [0.15, 0.2) is 0 Å². The maximum absolute atomic E-state index is 12.9. The zero-order chi connectivity index (χ0) is 23.6. The molecular weight excluding hydrogens is 435 g/mol. The SMILES string of the molecule is O=C(NC[C@H]1CC[C@H](C(=O)O)CC1)c1cnn2cccc(Cc3ccc(C(F)(F)F)cc3)c12. The van der Waals surface area contributed by atoms with Crippen LogP contribution in [0.25, 0.3) is 5.52 Å². The molecule has 2 aromatic heterocycles. The number of carboxylic acid groups (broad SMARTS) is 1. The second kappa shape index (κ2) is 9.25. The van der Waals surface area contributed by atoms with Crippen molar-refractivity contribution in [3.63, 3.8) is 0 Å². The number of nitrogens with one attached hydrogen (secondary N) is 1. The predicted octanol–water partition coefficient (Wildman–Crippen LogP) is 4.56. The minimum Gasteiger partial charge on any atom is -0.481 e. The van der Waals surface area contributed by atoms with E-state index in [4.69, 9.17) is 5.11 Å². The van der Waals surface area contributed by atoms with Crippen molar-refractivity contribution in [2.24, 2.45) is 11.8 Å². The van der Waals surface area contributed by atoms with Gasteiger partial charge in [0.2, 0.25) is 0 Å². The van der Waals surface area contributed by atoms with Crippen LogP contribution >= 0.6 is 0 Å². The predicted molar refractivity (Wildman–Crippen MR) is 115 cm³/mol. The molecule has 0 atom stereocenters. The normalized spacial score (nSPS) is 18.9. The van der Waals surface area contributed by atoms with Crippen LogP contribution in [0.5, 0.6) is 0 Å². The lowest BCUT2D eigenvalue weighted by Crippen LogP contribution is -2.32. The minimum atomic E-state index is -4.39. The van der Waals surface area contributed by atoms with Gasteiger partial charge in [0.25, 0.3) is 5.91 Å². The number of benzene rings is 1. The van der Waals surface area contributed by atoms with Gasteiger partial charge in [-0.3, -0.25) is 9.59 Å². The first-order chi connectivity index (χ1) is 15.7. The lowest BCUT2D eigenvalue weighted by Gasteiger charge is -2.26. The summed E-state index contributed by atoms with van der Waals surface area (Å²) in [5, 5.41) is 16.3. The summed E-state index contributed by atoms with van der Waals surface area (Å²) in [5.41, 5.74) is 1.79. The molecule has 6 nitrogen and oxygen atoms in total. The maximum Gasteiger partial charge on any atom is 0.416 e. The van der Waals surface area contributed by atoms with E-state index in [1.807, 2.05) is 6.07 Å². The Morgan fingerprint density at radius 2 is 1.79 bits per heavy atom. The Balaban J connectivity index is 1.47. The molecule has 1 aromatic carbocycles. The second-order valence-corrected chi connectivity index (χ2v) is 8.52. The van der Waals surface area contributed by atoms with Gasteiger partial charge < -0.3 is 10.4 Å². The van der Waals surface area contributed by atoms with Crippen LogP contribution in [-0.2, 0) is 17.4 Å². The van der Waals surface area contributed by atoms with E-state index in [9.17, 15) is 22.8 Å². The number of aliphatic carboxylic acids is 1. The summed E-state index contributed by atoms with van der Waals surface area (Å²) in [4.78, 5) is 24.0. The summed E-state index contributed by atoms with van der Waals surface area (Å²) in [6.45, 7) is 0.462. The Labute approximate surface area is 188 Å². The summed E-state index contributed by atoms with van der Waals surface area (Å²) in [7, 11) is 0. The molecule has 1 aliphatic rings. The number of carbonyl (C=O) groups is 2. The van der Waals surface area contributed by atoms with E-state index < -0.39 is 17.7 Å². The van der Waals surface area contributed by atoms with Crippen LogP contribution in [0.2, 0.25) is 0 Å². The van der Waals surface area contributed by atoms with Crippen molar-refractivity contribution in [1.29, 1.82) is 0 Å². The molecule has 33 heavy (non-hydrogen) atoms. The first-order valence-corrected chi connectivity index (χ1v) is 10.8. The van der Waals surface area contributed by atoms with E-state index in [0.717, 1.165) is 30.5 Å². The largest absolute Gasteiger partial charge is 0.481 e. The van der Waals surface area contributed by atoms with Gasteiger partial charge in [-0.25, -0.2) is 4.52 Å². The Bertz CT molecular complexity index is 1150. The lowest BCUT2D eigenvalue weighted by molar-refractivity contribution is -0.143. The number of alkyl halides is 3. The lowest BCUT2D eigenvalue weighted by atomic mass is 9.82. The van der Waals surface area contributed by atoms with Gasteiger partial charge in [0.1, 0.15) is 0 Å². The molecule has 2 heterocycles. The number of hydrogen-bond donors (Lipinski definition) is 2. The van der Waals surface area contributed by atoms with Gasteiger partial charge in [0, 0.05) is 12.7 Å². The Morgan fingerprint density at radius 1 is 1.09 bits per heavy atom. The summed E-state index contributed by atoms with van der Waals surface area (Å²) in [6.07, 6.45) is 1.91. The average molecular weight is 459 g/mol. The Morgan fingerprint density at radius 3 is 2.42 bits per heavy atom. The van der Waals surface area contributed by atoms with Crippen LogP contribution in [0.15, 0.2) is 48.8 Å². The van der Waals surface area contributed by atoms with Gasteiger partial charge in [0.05, 0.1) is 28.8 Å². The smallest absolute Gasteiger partial charge is 0.416 e. The molecule has 0 radical (unpaired) electrons. The van der Waals surface area contributed by atoms with Crippen molar-refractivity contribution in [3.8, 4) is 0 Å². The molecule has 9 heteroatoms. The van der Waals surface area contributed by atoms with E-state index in [-0.39, 0.29) is 17.7 Å². The monoisotopic (exact) mass is 459 g/mol. The van der Waals surface area contributed by atoms with Crippen molar-refractivity contribution in [3.05, 3.63) is 71.0 Å². The molecule has 1 amide bonds. The van der Waals surface area contributed by atoms with Crippen LogP contribution in [0.4, 0.5) is 13.2 Å². The topological polar surface area (TPSA) is 83.7 Å².